The molecule has 0 spiro atoms. The summed E-state index contributed by atoms with van der Waals surface area (Å²) in [6, 6.07) is 10.7. The van der Waals surface area contributed by atoms with Crippen LogP contribution >= 0.6 is 11.6 Å². The molecule has 1 aromatic carbocycles. The second kappa shape index (κ2) is 6.22. The summed E-state index contributed by atoms with van der Waals surface area (Å²) in [5.41, 5.74) is 2.43. The lowest BCUT2D eigenvalue weighted by Gasteiger charge is -2.42. The minimum atomic E-state index is -0.208. The van der Waals surface area contributed by atoms with E-state index in [-0.39, 0.29) is 5.54 Å². The van der Waals surface area contributed by atoms with E-state index in [1.165, 1.54) is 30.4 Å². The predicted molar refractivity (Wildman–Crippen MR) is 87.0 cm³/mol. The van der Waals surface area contributed by atoms with Gasteiger partial charge in [-0.15, -0.1) is 0 Å². The minimum Gasteiger partial charge on any atom is -0.281 e. The van der Waals surface area contributed by atoms with Gasteiger partial charge in [-0.3, -0.25) is 4.90 Å². The molecule has 1 saturated carbocycles. The van der Waals surface area contributed by atoms with Crippen molar-refractivity contribution in [2.24, 2.45) is 0 Å². The zero-order chi connectivity index (χ0) is 14.7. The van der Waals surface area contributed by atoms with Gasteiger partial charge in [-0.05, 0) is 42.5 Å². The van der Waals surface area contributed by atoms with Crippen LogP contribution in [0.15, 0.2) is 30.3 Å². The predicted octanol–water partition coefficient (Wildman–Crippen LogP) is 4.66. The summed E-state index contributed by atoms with van der Waals surface area (Å²) >= 11 is 5.95. The Bertz CT molecular complexity index is 562. The summed E-state index contributed by atoms with van der Waals surface area (Å²) in [6.45, 7) is 1.88. The summed E-state index contributed by atoms with van der Waals surface area (Å²) in [5.74, 6) is 0. The van der Waals surface area contributed by atoms with Gasteiger partial charge in [0.15, 0.2) is 0 Å². The lowest BCUT2D eigenvalue weighted by atomic mass is 9.80. The molecular weight excluding hydrogens is 280 g/mol. The van der Waals surface area contributed by atoms with Crippen LogP contribution in [0, 0.1) is 11.3 Å². The van der Waals surface area contributed by atoms with Gasteiger partial charge in [0, 0.05) is 18.1 Å². The Labute approximate surface area is 132 Å². The molecular formula is C18H21ClN2. The molecule has 3 heteroatoms. The standard InChI is InChI=1S/C18H21ClN2/c19-17-6-4-15(5-7-17)16-8-12-21(13-9-16)18(14-20)10-2-1-3-11-18/h4-8H,1-3,9-13H2. The molecule has 0 bridgehead atoms. The number of benzene rings is 1. The topological polar surface area (TPSA) is 27.0 Å². The Hall–Kier alpha value is -1.30. The molecule has 0 radical (unpaired) electrons. The van der Waals surface area contributed by atoms with Crippen molar-refractivity contribution in [3.05, 3.63) is 40.9 Å². The van der Waals surface area contributed by atoms with Crippen molar-refractivity contribution >= 4 is 17.2 Å². The van der Waals surface area contributed by atoms with Crippen LogP contribution in [0.2, 0.25) is 5.02 Å². The fraction of sp³-hybridized carbons (Fsp3) is 0.500. The molecule has 1 fully saturated rings. The average Bonchev–Trinajstić information content (AvgIpc) is 2.56. The smallest absolute Gasteiger partial charge is 0.109 e. The Kier molecular flexibility index (Phi) is 4.33. The molecule has 0 amide bonds. The van der Waals surface area contributed by atoms with E-state index in [4.69, 9.17) is 11.6 Å². The highest BCUT2D eigenvalue weighted by Crippen LogP contribution is 2.36. The van der Waals surface area contributed by atoms with E-state index in [9.17, 15) is 5.26 Å². The van der Waals surface area contributed by atoms with E-state index in [0.717, 1.165) is 37.4 Å². The Morgan fingerprint density at radius 3 is 2.38 bits per heavy atom. The van der Waals surface area contributed by atoms with Gasteiger partial charge in [-0.1, -0.05) is 49.1 Å². The summed E-state index contributed by atoms with van der Waals surface area (Å²) in [6.07, 6.45) is 9.05. The van der Waals surface area contributed by atoms with Crippen LogP contribution in [-0.2, 0) is 0 Å². The zero-order valence-corrected chi connectivity index (χ0v) is 13.1. The van der Waals surface area contributed by atoms with E-state index < -0.39 is 0 Å². The normalized spacial score (nSPS) is 22.4. The van der Waals surface area contributed by atoms with E-state index in [1.54, 1.807) is 0 Å². The maximum Gasteiger partial charge on any atom is 0.109 e. The van der Waals surface area contributed by atoms with Gasteiger partial charge in [0.25, 0.3) is 0 Å². The molecule has 110 valence electrons. The Morgan fingerprint density at radius 2 is 1.81 bits per heavy atom. The number of nitrogens with zero attached hydrogens (tertiary/aromatic N) is 2. The average molecular weight is 301 g/mol. The van der Waals surface area contributed by atoms with Crippen LogP contribution in [0.1, 0.15) is 44.1 Å². The van der Waals surface area contributed by atoms with Crippen LogP contribution in [0.3, 0.4) is 0 Å². The van der Waals surface area contributed by atoms with Crippen molar-refractivity contribution in [2.75, 3.05) is 13.1 Å². The first-order chi connectivity index (χ1) is 10.2. The largest absolute Gasteiger partial charge is 0.281 e. The van der Waals surface area contributed by atoms with E-state index in [0.29, 0.717) is 0 Å². The molecule has 0 N–H and O–H groups in total. The zero-order valence-electron chi connectivity index (χ0n) is 12.3. The maximum atomic E-state index is 9.68. The molecule has 1 aromatic rings. The quantitative estimate of drug-likeness (QED) is 0.794. The summed E-state index contributed by atoms with van der Waals surface area (Å²) in [7, 11) is 0. The fourth-order valence-corrected chi connectivity index (χ4v) is 3.75. The molecule has 21 heavy (non-hydrogen) atoms. The highest BCUT2D eigenvalue weighted by Gasteiger charge is 2.38. The van der Waals surface area contributed by atoms with Crippen LogP contribution in [0.5, 0.6) is 0 Å². The molecule has 0 atom stereocenters. The molecule has 0 unspecified atom stereocenters. The molecule has 3 rings (SSSR count). The number of hydrogen-bond donors (Lipinski definition) is 0. The first kappa shape index (κ1) is 14.6. The molecule has 1 aliphatic heterocycles. The van der Waals surface area contributed by atoms with Gasteiger partial charge in [-0.2, -0.15) is 5.26 Å². The third kappa shape index (κ3) is 3.00. The monoisotopic (exact) mass is 300 g/mol. The van der Waals surface area contributed by atoms with E-state index in [1.807, 2.05) is 12.1 Å². The molecule has 0 saturated heterocycles. The maximum absolute atomic E-state index is 9.68. The number of hydrogen-bond acceptors (Lipinski definition) is 2. The van der Waals surface area contributed by atoms with Gasteiger partial charge in [-0.25, -0.2) is 0 Å². The van der Waals surface area contributed by atoms with Gasteiger partial charge >= 0.3 is 0 Å². The highest BCUT2D eigenvalue weighted by molar-refractivity contribution is 6.30. The first-order valence-corrected chi connectivity index (χ1v) is 8.23. The molecule has 1 heterocycles. The number of rotatable bonds is 2. The first-order valence-electron chi connectivity index (χ1n) is 7.85. The minimum absolute atomic E-state index is 0.208. The second-order valence-corrected chi connectivity index (χ2v) is 6.57. The van der Waals surface area contributed by atoms with Crippen molar-refractivity contribution in [3.8, 4) is 6.07 Å². The third-order valence-corrected chi connectivity index (χ3v) is 5.17. The van der Waals surface area contributed by atoms with E-state index >= 15 is 0 Å². The molecule has 0 aromatic heterocycles. The van der Waals surface area contributed by atoms with Crippen LogP contribution in [-0.4, -0.2) is 23.5 Å². The highest BCUT2D eigenvalue weighted by atomic mass is 35.5. The van der Waals surface area contributed by atoms with Crippen molar-refractivity contribution in [1.82, 2.24) is 4.90 Å². The van der Waals surface area contributed by atoms with Crippen molar-refractivity contribution in [1.29, 1.82) is 5.26 Å². The van der Waals surface area contributed by atoms with Gasteiger partial charge in [0.05, 0.1) is 6.07 Å². The molecule has 1 aliphatic carbocycles. The second-order valence-electron chi connectivity index (χ2n) is 6.14. The van der Waals surface area contributed by atoms with Crippen LogP contribution in [0.25, 0.3) is 5.57 Å². The van der Waals surface area contributed by atoms with Crippen LogP contribution in [0.4, 0.5) is 0 Å². The molecule has 2 nitrogen and oxygen atoms in total. The van der Waals surface area contributed by atoms with Gasteiger partial charge < -0.3 is 0 Å². The lowest BCUT2D eigenvalue weighted by Crippen LogP contribution is -2.50. The van der Waals surface area contributed by atoms with Crippen LogP contribution < -0.4 is 0 Å². The number of halogens is 1. The van der Waals surface area contributed by atoms with Crippen molar-refractivity contribution < 1.29 is 0 Å². The fourth-order valence-electron chi connectivity index (χ4n) is 3.62. The molecule has 2 aliphatic rings. The Morgan fingerprint density at radius 1 is 1.10 bits per heavy atom. The number of nitriles is 1. The third-order valence-electron chi connectivity index (χ3n) is 4.92. The van der Waals surface area contributed by atoms with Crippen molar-refractivity contribution in [2.45, 2.75) is 44.1 Å². The lowest BCUT2D eigenvalue weighted by molar-refractivity contribution is 0.110. The summed E-state index contributed by atoms with van der Waals surface area (Å²) in [4.78, 5) is 2.39. The summed E-state index contributed by atoms with van der Waals surface area (Å²) < 4.78 is 0. The van der Waals surface area contributed by atoms with Crippen molar-refractivity contribution in [3.63, 3.8) is 0 Å². The van der Waals surface area contributed by atoms with Gasteiger partial charge in [0.2, 0.25) is 0 Å². The SMILES string of the molecule is N#CC1(N2CC=C(c3ccc(Cl)cc3)CC2)CCCCC1. The Balaban J connectivity index is 1.74. The van der Waals surface area contributed by atoms with Gasteiger partial charge in [0.1, 0.15) is 5.54 Å². The van der Waals surface area contributed by atoms with E-state index in [2.05, 4.69) is 29.2 Å². The summed E-state index contributed by atoms with van der Waals surface area (Å²) in [5, 5.41) is 10.5.